The first-order valence-corrected chi connectivity index (χ1v) is 0. The van der Waals surface area contributed by atoms with E-state index in [1.807, 2.05) is 0 Å². The maximum atomic E-state index is 0. The van der Waals surface area contributed by atoms with Crippen LogP contribution in [0.25, 0.3) is 12.3 Å². The molecule has 0 amide bonds. The Labute approximate surface area is 55.2 Å². The second-order valence-electron chi connectivity index (χ2n) is 0. The molecule has 4 heavy (non-hydrogen) atoms. The first-order chi connectivity index (χ1) is 0. The van der Waals surface area contributed by atoms with Crippen LogP contribution < -0.4 is 0 Å². The van der Waals surface area contributed by atoms with Crippen LogP contribution in [0.2, 0.25) is 0 Å². The minimum absolute atomic E-state index is 0. The molecule has 2 nitrogen and oxygen atoms in total. The topological polar surface area (TPSA) is 61.0 Å². The van der Waals surface area contributed by atoms with Crippen molar-refractivity contribution in [1.29, 1.82) is 0 Å². The zero-order valence-electron chi connectivity index (χ0n) is 1.73. The minimum Gasteiger partial charge on any atom is -3.00 e. The van der Waals surface area contributed by atoms with Gasteiger partial charge in [-0.05, 0) is 0 Å². The average molecular weight is 178 g/mol. The van der Waals surface area contributed by atoms with Crippen LogP contribution in [0.15, 0.2) is 0 Å². The van der Waals surface area contributed by atoms with E-state index in [9.17, 15) is 0 Å². The fraction of sp³-hybridized carbons (Fsp3) is 0. The Morgan fingerprint density at radius 1 is 0.750 bits per heavy atom. The third kappa shape index (κ3) is 10.3. The van der Waals surface area contributed by atoms with Crippen molar-refractivity contribution in [1.82, 2.24) is 0 Å². The molecule has 0 spiro atoms. The summed E-state index contributed by atoms with van der Waals surface area (Å²) < 4.78 is 0. The summed E-state index contributed by atoms with van der Waals surface area (Å²) in [5, 5.41) is 0. The van der Waals surface area contributed by atoms with Gasteiger partial charge in [0, 0.05) is 0 Å². The van der Waals surface area contributed by atoms with E-state index in [1.54, 1.807) is 0 Å². The third-order valence-electron chi connectivity index (χ3n) is 0. The van der Waals surface area contributed by atoms with Crippen molar-refractivity contribution in [3.05, 3.63) is 12.3 Å². The molecule has 0 saturated carbocycles. The van der Waals surface area contributed by atoms with E-state index in [-0.39, 0.29) is 55.3 Å². The normalized spacial score (nSPS) is 0. The van der Waals surface area contributed by atoms with Crippen LogP contribution in [-0.2, 0) is 43.0 Å². The second-order valence-corrected chi connectivity index (χ2v) is 0. The molecule has 0 bridgehead atoms. The van der Waals surface area contributed by atoms with Gasteiger partial charge in [-0.15, -0.1) is 0 Å². The van der Waals surface area contributed by atoms with Gasteiger partial charge in [0.15, 0.2) is 0 Å². The van der Waals surface area contributed by atoms with Gasteiger partial charge in [0.25, 0.3) is 0 Å². The molecule has 0 unspecified atom stereocenters. The summed E-state index contributed by atoms with van der Waals surface area (Å²) in [5.74, 6) is 0. The summed E-state index contributed by atoms with van der Waals surface area (Å²) in [5.41, 5.74) is 0. The van der Waals surface area contributed by atoms with Gasteiger partial charge in [-0.1, -0.05) is 0 Å². The molecule has 4 heteroatoms. The molecular formula is CoN2Zr. The average Bonchev–Trinajstić information content (AvgIpc) is 0. The molecule has 0 heterocycles. The number of hydrogen-bond donors (Lipinski definition) is 0. The third-order valence-corrected chi connectivity index (χ3v) is 0. The summed E-state index contributed by atoms with van der Waals surface area (Å²) in [4.78, 5) is 0. The van der Waals surface area contributed by atoms with Gasteiger partial charge >= 0.3 is 43.0 Å². The zero-order chi connectivity index (χ0) is 0. The number of nitrogens with zero attached hydrogens (tertiary/aromatic N) is 2. The van der Waals surface area contributed by atoms with Gasteiger partial charge in [0.1, 0.15) is 0 Å². The largest absolute Gasteiger partial charge is 4.00 e. The van der Waals surface area contributed by atoms with Gasteiger partial charge in [-0.25, -0.2) is 0 Å². The van der Waals surface area contributed by atoms with Gasteiger partial charge in [-0.2, -0.15) is 0 Å². The van der Waals surface area contributed by atoms with E-state index in [1.165, 1.54) is 0 Å². The molecule has 0 aromatic carbocycles. The monoisotopic (exact) mass is 177 g/mol. The Morgan fingerprint density at radius 3 is 0.750 bits per heavy atom. The molecule has 1 radical (unpaired) electrons. The van der Waals surface area contributed by atoms with E-state index in [4.69, 9.17) is 0 Å². The Balaban J connectivity index is 0. The first kappa shape index (κ1) is 57.5. The van der Waals surface area contributed by atoms with E-state index >= 15 is 0 Å². The fourth-order valence-corrected chi connectivity index (χ4v) is 0. The van der Waals surface area contributed by atoms with Gasteiger partial charge in [0.05, 0.1) is 0 Å². The van der Waals surface area contributed by atoms with Crippen LogP contribution in [0.3, 0.4) is 0 Å². The zero-order valence-corrected chi connectivity index (χ0v) is 5.23. The smallest absolute Gasteiger partial charge is 3.00 e. The van der Waals surface area contributed by atoms with Crippen molar-refractivity contribution in [2.75, 3.05) is 0 Å². The maximum Gasteiger partial charge on any atom is 4.00 e. The van der Waals surface area contributed by atoms with Crippen molar-refractivity contribution >= 4 is 0 Å². The number of rotatable bonds is 0. The van der Waals surface area contributed by atoms with Crippen molar-refractivity contribution in [2.24, 2.45) is 0 Å². The predicted molar refractivity (Wildman–Crippen MR) is 6.72 cm³/mol. The van der Waals surface area contributed by atoms with Crippen LogP contribution in [0, 0.1) is 0 Å². The van der Waals surface area contributed by atoms with E-state index in [0.29, 0.717) is 0 Å². The summed E-state index contributed by atoms with van der Waals surface area (Å²) in [6.45, 7) is 0. The van der Waals surface area contributed by atoms with Crippen LogP contribution >= 0.6 is 0 Å². The van der Waals surface area contributed by atoms with Gasteiger partial charge < -0.3 is 12.3 Å². The van der Waals surface area contributed by atoms with Crippen molar-refractivity contribution < 1.29 is 43.0 Å². The van der Waals surface area contributed by atoms with Crippen LogP contribution in [-0.4, -0.2) is 0 Å². The van der Waals surface area contributed by atoms with Crippen molar-refractivity contribution in [3.63, 3.8) is 0 Å². The molecule has 23 valence electrons. The summed E-state index contributed by atoms with van der Waals surface area (Å²) >= 11 is 0. The molecule has 0 saturated heterocycles. The molecule has 0 N–H and O–H groups in total. The van der Waals surface area contributed by atoms with Crippen LogP contribution in [0.5, 0.6) is 0 Å². The van der Waals surface area contributed by atoms with Crippen molar-refractivity contribution in [3.8, 4) is 0 Å². The summed E-state index contributed by atoms with van der Waals surface area (Å²) in [7, 11) is 0. The van der Waals surface area contributed by atoms with Crippen LogP contribution in [0.4, 0.5) is 0 Å². The van der Waals surface area contributed by atoms with E-state index in [2.05, 4.69) is 0 Å². The Bertz CT molecular complexity index is 6.00. The molecule has 0 aromatic heterocycles. The molecule has 0 aromatic rings. The predicted octanol–water partition coefficient (Wildman–Crippen LogP) is 0.572. The number of hydrogen-bond acceptors (Lipinski definition) is 0. The Kier molecular flexibility index (Phi) is 396. The molecule has 0 rings (SSSR count). The molecule has 0 fully saturated rings. The second kappa shape index (κ2) is 27.5. The minimum atomic E-state index is 0. The molecule has 0 aliphatic rings. The Hall–Kier alpha value is 1.31. The molecular weight excluding hydrogens is 178 g/mol. The summed E-state index contributed by atoms with van der Waals surface area (Å²) in [6, 6.07) is 0. The van der Waals surface area contributed by atoms with Gasteiger partial charge in [0.2, 0.25) is 0 Å². The van der Waals surface area contributed by atoms with Crippen LogP contribution in [0.1, 0.15) is 0 Å². The fourth-order valence-electron chi connectivity index (χ4n) is 0. The first-order valence-electron chi connectivity index (χ1n) is 0. The Morgan fingerprint density at radius 2 is 0.750 bits per heavy atom. The molecule has 0 aliphatic heterocycles. The summed E-state index contributed by atoms with van der Waals surface area (Å²) in [6.07, 6.45) is 0. The standard InChI is InChI=1S/Co.2N.Zr/q+2;2*-3;+4. The van der Waals surface area contributed by atoms with E-state index in [0.717, 1.165) is 0 Å². The maximum absolute atomic E-state index is 0. The van der Waals surface area contributed by atoms with Crippen molar-refractivity contribution in [2.45, 2.75) is 0 Å². The van der Waals surface area contributed by atoms with E-state index < -0.39 is 0 Å². The SMILES string of the molecule is [Co+2].[N-3].[N-3].[Zr+4]. The molecule has 0 aliphatic carbocycles. The molecule has 0 atom stereocenters. The quantitative estimate of drug-likeness (QED) is 0.520. The van der Waals surface area contributed by atoms with Gasteiger partial charge in [-0.3, -0.25) is 0 Å².